The highest BCUT2D eigenvalue weighted by atomic mass is 16.6. The molecule has 0 aliphatic carbocycles. The summed E-state index contributed by atoms with van der Waals surface area (Å²) in [7, 11) is 1.92. The van der Waals surface area contributed by atoms with E-state index in [0.29, 0.717) is 11.0 Å². The molecule has 0 saturated carbocycles. The van der Waals surface area contributed by atoms with E-state index in [2.05, 4.69) is 4.98 Å². The quantitative estimate of drug-likeness (QED) is 0.503. The molecule has 1 aromatic rings. The first-order valence-corrected chi connectivity index (χ1v) is 8.07. The fourth-order valence-electron chi connectivity index (χ4n) is 4.16. The number of nitrogens with zero attached hydrogens (tertiary/aromatic N) is 2. The van der Waals surface area contributed by atoms with Crippen LogP contribution < -0.4 is 5.73 Å². The zero-order chi connectivity index (χ0) is 17.5. The summed E-state index contributed by atoms with van der Waals surface area (Å²) in [6, 6.07) is 3.82. The van der Waals surface area contributed by atoms with Gasteiger partial charge in [0.25, 0.3) is 5.91 Å². The number of carbonyl (C=O) groups excluding carboxylic acids is 1. The predicted octanol–water partition coefficient (Wildman–Crippen LogP) is -1.34. The van der Waals surface area contributed by atoms with Gasteiger partial charge in [0, 0.05) is 30.8 Å². The van der Waals surface area contributed by atoms with Crippen molar-refractivity contribution in [3.8, 4) is 0 Å². The largest absolute Gasteiger partial charge is 0.394 e. The van der Waals surface area contributed by atoms with Gasteiger partial charge < -0.3 is 25.8 Å². The van der Waals surface area contributed by atoms with Crippen LogP contribution in [0.4, 0.5) is 0 Å². The maximum atomic E-state index is 11.7. The van der Waals surface area contributed by atoms with Crippen molar-refractivity contribution in [3.05, 3.63) is 30.1 Å². The predicted molar refractivity (Wildman–Crippen MR) is 83.2 cm³/mol. The fourth-order valence-corrected chi connectivity index (χ4v) is 4.16. The van der Waals surface area contributed by atoms with Crippen molar-refractivity contribution in [2.45, 2.75) is 42.9 Å². The van der Waals surface area contributed by atoms with Crippen LogP contribution in [-0.4, -0.2) is 74.9 Å². The molecule has 132 valence electrons. The first-order chi connectivity index (χ1) is 11.4. The van der Waals surface area contributed by atoms with E-state index in [1.165, 1.54) is 0 Å². The average molecular weight is 338 g/mol. The lowest BCUT2D eigenvalue weighted by Gasteiger charge is -2.42. The minimum absolute atomic E-state index is 0.00733. The molecule has 1 amide bonds. The van der Waals surface area contributed by atoms with Crippen molar-refractivity contribution in [2.75, 3.05) is 20.2 Å². The molecule has 24 heavy (non-hydrogen) atoms. The summed E-state index contributed by atoms with van der Waals surface area (Å²) in [4.78, 5) is 15.9. The van der Waals surface area contributed by atoms with E-state index in [4.69, 9.17) is 10.5 Å². The van der Waals surface area contributed by atoms with Crippen LogP contribution in [0.2, 0.25) is 0 Å². The van der Waals surface area contributed by atoms with Gasteiger partial charge in [-0.05, 0) is 6.07 Å². The number of likely N-dealkylation sites (N-methyl/N-ethyl adjacent to an activating group) is 1. The standard InChI is InChI=1S/C16H23N3O5/c1-19(7-3-5-11(19)10-4-2-6-18-8-10)14-13(21)16(23,15(17)22)12(9-20)24-14/h2,4,6,8,11-14,20-21,23H,3,5,7,9H2,1H3,(H-,17,22)/p+1/t11?,12-,13+,14?,16-,19?/m1/s1. The maximum Gasteiger partial charge on any atom is 0.255 e. The SMILES string of the molecule is C[N+]1(C2O[C@H](CO)[C@](O)(C(N)=O)[C@H]2O)CCCC1c1cccnc1. The van der Waals surface area contributed by atoms with Crippen LogP contribution in [0.1, 0.15) is 24.4 Å². The highest BCUT2D eigenvalue weighted by Crippen LogP contribution is 2.45. The summed E-state index contributed by atoms with van der Waals surface area (Å²) >= 11 is 0. The van der Waals surface area contributed by atoms with Crippen LogP contribution in [0.15, 0.2) is 24.5 Å². The average Bonchev–Trinajstić information content (AvgIpc) is 3.09. The molecule has 3 unspecified atom stereocenters. The number of aliphatic hydroxyl groups excluding tert-OH is 2. The summed E-state index contributed by atoms with van der Waals surface area (Å²) in [5, 5.41) is 30.7. The first-order valence-electron chi connectivity index (χ1n) is 8.07. The van der Waals surface area contributed by atoms with Crippen molar-refractivity contribution < 1.29 is 29.3 Å². The molecule has 2 aliphatic rings. The van der Waals surface area contributed by atoms with Gasteiger partial charge in [-0.2, -0.15) is 0 Å². The molecule has 8 heteroatoms. The van der Waals surface area contributed by atoms with Crippen LogP contribution in [-0.2, 0) is 9.53 Å². The molecule has 2 fully saturated rings. The molecule has 2 saturated heterocycles. The second-order valence-corrected chi connectivity index (χ2v) is 6.85. The zero-order valence-corrected chi connectivity index (χ0v) is 13.6. The molecule has 3 rings (SSSR count). The Labute approximate surface area is 140 Å². The Hall–Kier alpha value is -1.58. The molecule has 0 bridgehead atoms. The van der Waals surface area contributed by atoms with Crippen molar-refractivity contribution in [1.82, 2.24) is 4.98 Å². The van der Waals surface area contributed by atoms with Crippen LogP contribution in [0.3, 0.4) is 0 Å². The molecular formula is C16H24N3O5+. The normalized spacial score (nSPS) is 42.3. The molecule has 0 aromatic carbocycles. The Bertz CT molecular complexity index is 615. The molecule has 8 nitrogen and oxygen atoms in total. The van der Waals surface area contributed by atoms with E-state index >= 15 is 0 Å². The van der Waals surface area contributed by atoms with Gasteiger partial charge in [0.2, 0.25) is 11.8 Å². The Kier molecular flexibility index (Phi) is 4.35. The van der Waals surface area contributed by atoms with E-state index in [0.717, 1.165) is 18.4 Å². The first kappa shape index (κ1) is 17.2. The number of likely N-dealkylation sites (tertiary alicyclic amines) is 1. The van der Waals surface area contributed by atoms with Crippen molar-refractivity contribution in [1.29, 1.82) is 0 Å². The van der Waals surface area contributed by atoms with Crippen molar-refractivity contribution >= 4 is 5.91 Å². The molecule has 3 heterocycles. The number of primary amides is 1. The van der Waals surface area contributed by atoms with Crippen LogP contribution >= 0.6 is 0 Å². The monoisotopic (exact) mass is 338 g/mol. The third kappa shape index (κ3) is 2.34. The fraction of sp³-hybridized carbons (Fsp3) is 0.625. The van der Waals surface area contributed by atoms with Crippen LogP contribution in [0, 0.1) is 0 Å². The van der Waals surface area contributed by atoms with Crippen LogP contribution in [0.5, 0.6) is 0 Å². The number of aliphatic hydroxyl groups is 3. The van der Waals surface area contributed by atoms with Gasteiger partial charge in [-0.1, -0.05) is 6.07 Å². The Morgan fingerprint density at radius 2 is 2.33 bits per heavy atom. The number of ether oxygens (including phenoxy) is 1. The number of nitrogens with two attached hydrogens (primary N) is 1. The smallest absolute Gasteiger partial charge is 0.255 e. The topological polar surface area (TPSA) is 126 Å². The lowest BCUT2D eigenvalue weighted by Crippen LogP contribution is -2.62. The number of hydrogen-bond donors (Lipinski definition) is 4. The lowest BCUT2D eigenvalue weighted by atomic mass is 9.90. The van der Waals surface area contributed by atoms with Crippen molar-refractivity contribution in [3.63, 3.8) is 0 Å². The second-order valence-electron chi connectivity index (χ2n) is 6.85. The van der Waals surface area contributed by atoms with Gasteiger partial charge in [-0.25, -0.2) is 0 Å². The van der Waals surface area contributed by atoms with E-state index in [1.807, 2.05) is 19.2 Å². The minimum Gasteiger partial charge on any atom is -0.394 e. The van der Waals surface area contributed by atoms with Gasteiger partial charge in [0.15, 0.2) is 6.10 Å². The second kappa shape index (κ2) is 6.05. The Morgan fingerprint density at radius 1 is 1.58 bits per heavy atom. The molecule has 5 N–H and O–H groups in total. The number of pyridine rings is 1. The molecule has 6 atom stereocenters. The number of aromatic nitrogens is 1. The van der Waals surface area contributed by atoms with Gasteiger partial charge >= 0.3 is 0 Å². The molecule has 2 aliphatic heterocycles. The van der Waals surface area contributed by atoms with Crippen molar-refractivity contribution in [2.24, 2.45) is 5.73 Å². The number of amides is 1. The van der Waals surface area contributed by atoms with Crippen LogP contribution in [0.25, 0.3) is 0 Å². The number of rotatable bonds is 4. The Balaban J connectivity index is 1.96. The molecule has 0 spiro atoms. The molecule has 0 radical (unpaired) electrons. The number of carbonyl (C=O) groups is 1. The maximum absolute atomic E-state index is 11.7. The third-order valence-corrected chi connectivity index (χ3v) is 5.56. The summed E-state index contributed by atoms with van der Waals surface area (Å²) in [6.45, 7) is 0.0961. The van der Waals surface area contributed by atoms with Gasteiger partial charge in [0.1, 0.15) is 12.1 Å². The molecular weight excluding hydrogens is 314 g/mol. The zero-order valence-electron chi connectivity index (χ0n) is 13.6. The van der Waals surface area contributed by atoms with Gasteiger partial charge in [-0.15, -0.1) is 0 Å². The van der Waals surface area contributed by atoms with E-state index < -0.39 is 36.6 Å². The van der Waals surface area contributed by atoms with E-state index in [9.17, 15) is 20.1 Å². The highest BCUT2D eigenvalue weighted by Gasteiger charge is 2.66. The highest BCUT2D eigenvalue weighted by molar-refractivity contribution is 5.85. The Morgan fingerprint density at radius 3 is 2.88 bits per heavy atom. The minimum atomic E-state index is -2.30. The lowest BCUT2D eigenvalue weighted by molar-refractivity contribution is -0.972. The molecule has 1 aromatic heterocycles. The summed E-state index contributed by atoms with van der Waals surface area (Å²) in [6.07, 6.45) is 1.60. The van der Waals surface area contributed by atoms with Gasteiger partial charge in [-0.3, -0.25) is 14.3 Å². The summed E-state index contributed by atoms with van der Waals surface area (Å²) in [5.41, 5.74) is 3.98. The number of quaternary nitrogens is 1. The van der Waals surface area contributed by atoms with E-state index in [-0.39, 0.29) is 6.04 Å². The van der Waals surface area contributed by atoms with E-state index in [1.54, 1.807) is 12.4 Å². The third-order valence-electron chi connectivity index (χ3n) is 5.56. The van der Waals surface area contributed by atoms with Gasteiger partial charge in [0.05, 0.1) is 20.2 Å². The summed E-state index contributed by atoms with van der Waals surface area (Å²) < 4.78 is 6.03. The number of hydrogen-bond acceptors (Lipinski definition) is 6. The summed E-state index contributed by atoms with van der Waals surface area (Å²) in [5.74, 6) is -1.10.